The second-order valence-electron chi connectivity index (χ2n) is 7.94. The molecule has 2 aromatic carbocycles. The molecule has 2 aliphatic heterocycles. The lowest BCUT2D eigenvalue weighted by atomic mass is 9.83. The minimum atomic E-state index is -0.905. The fraction of sp³-hybridized carbons (Fsp3) is 0.435. The van der Waals surface area contributed by atoms with Crippen LogP contribution in [0.3, 0.4) is 0 Å². The van der Waals surface area contributed by atoms with Gasteiger partial charge in [-0.1, -0.05) is 11.8 Å². The number of hydrogen-bond acceptors (Lipinski definition) is 4. The first-order chi connectivity index (χ1) is 14.3. The molecule has 0 aliphatic carbocycles. The second kappa shape index (κ2) is 8.29. The monoisotopic (exact) mass is 433 g/mol. The zero-order valence-electron chi connectivity index (χ0n) is 17.3. The number of benzene rings is 2. The highest BCUT2D eigenvalue weighted by Crippen LogP contribution is 2.43. The van der Waals surface area contributed by atoms with E-state index in [9.17, 15) is 9.18 Å². The molecule has 0 N–H and O–H groups in total. The van der Waals surface area contributed by atoms with E-state index in [-0.39, 0.29) is 22.5 Å². The Kier molecular flexibility index (Phi) is 5.88. The van der Waals surface area contributed by atoms with Crippen LogP contribution in [-0.4, -0.2) is 32.8 Å². The molecular formula is C23H25F2NO3S. The van der Waals surface area contributed by atoms with Crippen molar-refractivity contribution in [1.82, 2.24) is 0 Å². The Morgan fingerprint density at radius 3 is 2.77 bits per heavy atom. The number of fused-ring (bicyclic) bond motifs is 1. The van der Waals surface area contributed by atoms with Crippen LogP contribution in [0.2, 0.25) is 0 Å². The van der Waals surface area contributed by atoms with Crippen molar-refractivity contribution in [2.75, 3.05) is 25.7 Å². The Balaban J connectivity index is 1.68. The summed E-state index contributed by atoms with van der Waals surface area (Å²) in [6.45, 7) is 2.35. The zero-order chi connectivity index (χ0) is 21.5. The number of nitrogens with zero attached hydrogens (tertiary/aromatic N) is 1. The molecule has 160 valence electrons. The van der Waals surface area contributed by atoms with Crippen LogP contribution >= 0.6 is 11.8 Å². The highest BCUT2D eigenvalue weighted by Gasteiger charge is 2.40. The number of hydrogen-bond donors (Lipinski definition) is 0. The first-order valence-electron chi connectivity index (χ1n) is 10.1. The number of methoxy groups -OCH3 is 1. The van der Waals surface area contributed by atoms with Crippen LogP contribution in [0.15, 0.2) is 40.1 Å². The summed E-state index contributed by atoms with van der Waals surface area (Å²) in [6, 6.07) is 8.13. The summed E-state index contributed by atoms with van der Waals surface area (Å²) in [7, 11) is 3.29. The molecule has 7 heteroatoms. The number of aryl methyl sites for hydroxylation is 1. The molecule has 1 unspecified atom stereocenters. The summed E-state index contributed by atoms with van der Waals surface area (Å²) < 4.78 is 41.4. The molecule has 1 amide bonds. The van der Waals surface area contributed by atoms with Crippen molar-refractivity contribution in [2.24, 2.45) is 0 Å². The van der Waals surface area contributed by atoms with Gasteiger partial charge in [0.1, 0.15) is 17.2 Å². The fourth-order valence-electron chi connectivity index (χ4n) is 4.38. The van der Waals surface area contributed by atoms with E-state index in [1.165, 1.54) is 31.0 Å². The van der Waals surface area contributed by atoms with E-state index in [4.69, 9.17) is 9.47 Å². The quantitative estimate of drug-likeness (QED) is 0.675. The standard InChI is InChI=1S/C23H25F2NO3S/c1-14-13-23(28-3,8-9-29-14)18-11-16(24)12-20(22(18)25)30-17-5-6-19-15(10-17)4-7-21(27)26(19)2/h5-6,10-12,14H,4,7-9,13H2,1-3H3/t14-,23?/m1/s1. The Morgan fingerprint density at radius 1 is 1.23 bits per heavy atom. The van der Waals surface area contributed by atoms with Crippen molar-refractivity contribution in [3.8, 4) is 0 Å². The number of carbonyl (C=O) groups excluding carboxylic acids is 1. The van der Waals surface area contributed by atoms with Crippen LogP contribution in [0.1, 0.15) is 37.3 Å². The zero-order valence-corrected chi connectivity index (χ0v) is 18.2. The van der Waals surface area contributed by atoms with Crippen LogP contribution in [-0.2, 0) is 26.3 Å². The smallest absolute Gasteiger partial charge is 0.227 e. The number of ether oxygens (including phenoxy) is 2. The van der Waals surface area contributed by atoms with E-state index in [2.05, 4.69) is 0 Å². The number of halogens is 2. The molecule has 1 saturated heterocycles. The lowest BCUT2D eigenvalue weighted by molar-refractivity contribution is -0.124. The Morgan fingerprint density at radius 2 is 2.03 bits per heavy atom. The number of amides is 1. The summed E-state index contributed by atoms with van der Waals surface area (Å²) in [5, 5.41) is 0. The Bertz CT molecular complexity index is 983. The van der Waals surface area contributed by atoms with Gasteiger partial charge < -0.3 is 14.4 Å². The maximum absolute atomic E-state index is 15.6. The maximum atomic E-state index is 15.6. The van der Waals surface area contributed by atoms with E-state index in [0.717, 1.165) is 16.1 Å². The molecular weight excluding hydrogens is 408 g/mol. The summed E-state index contributed by atoms with van der Waals surface area (Å²) in [5.41, 5.74) is 1.24. The van der Waals surface area contributed by atoms with Gasteiger partial charge in [0.2, 0.25) is 5.91 Å². The molecule has 2 aromatic rings. The third-order valence-electron chi connectivity index (χ3n) is 6.03. The van der Waals surface area contributed by atoms with E-state index in [1.807, 2.05) is 25.1 Å². The predicted octanol–water partition coefficient (Wildman–Crippen LogP) is 5.07. The van der Waals surface area contributed by atoms with Gasteiger partial charge in [-0.3, -0.25) is 4.79 Å². The maximum Gasteiger partial charge on any atom is 0.227 e. The summed E-state index contributed by atoms with van der Waals surface area (Å²) in [5.74, 6) is -0.866. The number of rotatable bonds is 4. The molecule has 1 fully saturated rings. The topological polar surface area (TPSA) is 38.8 Å². The molecule has 0 radical (unpaired) electrons. The van der Waals surface area contributed by atoms with E-state index >= 15 is 4.39 Å². The highest BCUT2D eigenvalue weighted by atomic mass is 32.2. The second-order valence-corrected chi connectivity index (χ2v) is 9.06. The third-order valence-corrected chi connectivity index (χ3v) is 7.04. The van der Waals surface area contributed by atoms with Crippen molar-refractivity contribution >= 4 is 23.4 Å². The van der Waals surface area contributed by atoms with Crippen LogP contribution in [0.5, 0.6) is 0 Å². The molecule has 2 aliphatic rings. The summed E-state index contributed by atoms with van der Waals surface area (Å²) >= 11 is 1.19. The van der Waals surface area contributed by atoms with Crippen molar-refractivity contribution in [1.29, 1.82) is 0 Å². The van der Waals surface area contributed by atoms with Gasteiger partial charge in [-0.25, -0.2) is 8.78 Å². The molecule has 0 aromatic heterocycles. The fourth-order valence-corrected chi connectivity index (χ4v) is 5.35. The van der Waals surface area contributed by atoms with Crippen LogP contribution in [0.4, 0.5) is 14.5 Å². The summed E-state index contributed by atoms with van der Waals surface area (Å²) in [6.07, 6.45) is 1.93. The van der Waals surface area contributed by atoms with E-state index in [0.29, 0.717) is 32.3 Å². The van der Waals surface area contributed by atoms with Crippen molar-refractivity contribution in [3.05, 3.63) is 53.1 Å². The molecule has 30 heavy (non-hydrogen) atoms. The van der Waals surface area contributed by atoms with E-state index in [1.54, 1.807) is 11.9 Å². The first kappa shape index (κ1) is 21.3. The van der Waals surface area contributed by atoms with Gasteiger partial charge in [0.15, 0.2) is 0 Å². The minimum Gasteiger partial charge on any atom is -0.378 e. The molecule has 4 nitrogen and oxygen atoms in total. The predicted molar refractivity (Wildman–Crippen MR) is 112 cm³/mol. The molecule has 2 atom stereocenters. The molecule has 0 spiro atoms. The van der Waals surface area contributed by atoms with Crippen LogP contribution < -0.4 is 4.90 Å². The average molecular weight is 434 g/mol. The normalized spacial score (nSPS) is 24.1. The van der Waals surface area contributed by atoms with Gasteiger partial charge in [-0.05, 0) is 49.2 Å². The van der Waals surface area contributed by atoms with Gasteiger partial charge in [0.25, 0.3) is 0 Å². The van der Waals surface area contributed by atoms with E-state index < -0.39 is 17.2 Å². The van der Waals surface area contributed by atoms with Crippen molar-refractivity contribution < 1.29 is 23.0 Å². The van der Waals surface area contributed by atoms with Gasteiger partial charge in [0.05, 0.1) is 17.6 Å². The average Bonchev–Trinajstić information content (AvgIpc) is 2.73. The van der Waals surface area contributed by atoms with Crippen LogP contribution in [0, 0.1) is 11.6 Å². The Hall–Kier alpha value is -1.96. The SMILES string of the molecule is COC1(c2cc(F)cc(Sc3ccc4c(c3)CCC(=O)N4C)c2F)CCO[C@H](C)C1. The van der Waals surface area contributed by atoms with Crippen molar-refractivity contribution in [3.63, 3.8) is 0 Å². The minimum absolute atomic E-state index is 0.0827. The number of anilines is 1. The van der Waals surface area contributed by atoms with Crippen LogP contribution in [0.25, 0.3) is 0 Å². The van der Waals surface area contributed by atoms with Gasteiger partial charge in [0, 0.05) is 49.6 Å². The number of carbonyl (C=O) groups is 1. The largest absolute Gasteiger partial charge is 0.378 e. The lowest BCUT2D eigenvalue weighted by Crippen LogP contribution is -2.40. The van der Waals surface area contributed by atoms with Gasteiger partial charge in [-0.15, -0.1) is 0 Å². The molecule has 0 saturated carbocycles. The molecule has 4 rings (SSSR count). The molecule has 0 bridgehead atoms. The first-order valence-corrected chi connectivity index (χ1v) is 10.9. The Labute approximate surface area is 179 Å². The highest BCUT2D eigenvalue weighted by molar-refractivity contribution is 7.99. The lowest BCUT2D eigenvalue weighted by Gasteiger charge is -2.39. The summed E-state index contributed by atoms with van der Waals surface area (Å²) in [4.78, 5) is 14.6. The van der Waals surface area contributed by atoms with Gasteiger partial charge >= 0.3 is 0 Å². The van der Waals surface area contributed by atoms with Gasteiger partial charge in [-0.2, -0.15) is 0 Å². The molecule has 2 heterocycles. The third kappa shape index (κ3) is 3.86. The van der Waals surface area contributed by atoms with Crippen molar-refractivity contribution in [2.45, 2.75) is 54.1 Å².